The van der Waals surface area contributed by atoms with Gasteiger partial charge < -0.3 is 29.2 Å². The second-order valence-electron chi connectivity index (χ2n) is 11.1. The Bertz CT molecular complexity index is 871. The molecule has 220 valence electrons. The number of hydrogen-bond acceptors (Lipinski definition) is 8. The molecule has 1 aromatic carbocycles. The molecule has 39 heavy (non-hydrogen) atoms. The first-order valence-corrected chi connectivity index (χ1v) is 14.3. The molecule has 0 amide bonds. The Kier molecular flexibility index (Phi) is 14.6. The predicted octanol–water partition coefficient (Wildman–Crippen LogP) is 4.64. The van der Waals surface area contributed by atoms with Crippen molar-refractivity contribution < 1.29 is 38.7 Å². The highest BCUT2D eigenvalue weighted by molar-refractivity contribution is 5.87. The van der Waals surface area contributed by atoms with Crippen molar-refractivity contribution in [1.82, 2.24) is 0 Å². The van der Waals surface area contributed by atoms with Crippen LogP contribution in [0.2, 0.25) is 0 Å². The van der Waals surface area contributed by atoms with Crippen LogP contribution in [-0.2, 0) is 30.2 Å². The Balaban J connectivity index is 1.77. The summed E-state index contributed by atoms with van der Waals surface area (Å²) in [5.74, 6) is -0.330. The second-order valence-corrected chi connectivity index (χ2v) is 11.1. The van der Waals surface area contributed by atoms with Gasteiger partial charge in [0.2, 0.25) is 0 Å². The van der Waals surface area contributed by atoms with Gasteiger partial charge in [0.25, 0.3) is 0 Å². The standard InChI is InChI=1S/C31H48O8/c1-5-6-7-8-24-9-13-27(14-10-24)36-17-18-37-28-15-11-25(12-16-28)26(20-38-29(34)23(2)19-32)21-39-30(35)31(3,4)22-33/h9-10,13-14,25-26,28,32-33H,2,5-8,11-12,15-22H2,1,3-4H3. The molecule has 1 atom stereocenters. The Hall–Kier alpha value is -2.42. The van der Waals surface area contributed by atoms with Gasteiger partial charge >= 0.3 is 11.9 Å². The number of esters is 2. The molecule has 0 aromatic heterocycles. The van der Waals surface area contributed by atoms with E-state index in [0.717, 1.165) is 37.9 Å². The minimum atomic E-state index is -1.00. The van der Waals surface area contributed by atoms with E-state index < -0.39 is 24.0 Å². The lowest BCUT2D eigenvalue weighted by Crippen LogP contribution is -2.36. The number of aryl methyl sites for hydroxylation is 1. The molecule has 0 bridgehead atoms. The Morgan fingerprint density at radius 1 is 1.00 bits per heavy atom. The van der Waals surface area contributed by atoms with E-state index >= 15 is 0 Å². The van der Waals surface area contributed by atoms with Gasteiger partial charge in [0.1, 0.15) is 12.4 Å². The molecule has 2 rings (SSSR count). The molecule has 1 aliphatic carbocycles. The zero-order valence-electron chi connectivity index (χ0n) is 24.0. The van der Waals surface area contributed by atoms with Crippen LogP contribution in [0.5, 0.6) is 5.75 Å². The predicted molar refractivity (Wildman–Crippen MR) is 149 cm³/mol. The summed E-state index contributed by atoms with van der Waals surface area (Å²) in [5.41, 5.74) is 0.313. The number of carbonyl (C=O) groups excluding carboxylic acids is 2. The van der Waals surface area contributed by atoms with Gasteiger partial charge in [0.15, 0.2) is 0 Å². The normalized spacial score (nSPS) is 18.3. The molecule has 0 saturated heterocycles. The fourth-order valence-electron chi connectivity index (χ4n) is 4.54. The number of rotatable bonds is 18. The molecule has 0 spiro atoms. The van der Waals surface area contributed by atoms with Crippen LogP contribution in [0.1, 0.15) is 71.3 Å². The lowest BCUT2D eigenvalue weighted by Gasteiger charge is -2.34. The van der Waals surface area contributed by atoms with Crippen molar-refractivity contribution in [3.8, 4) is 5.75 Å². The monoisotopic (exact) mass is 548 g/mol. The maximum atomic E-state index is 12.4. The summed E-state index contributed by atoms with van der Waals surface area (Å²) in [6.07, 6.45) is 8.30. The van der Waals surface area contributed by atoms with Crippen molar-refractivity contribution in [2.24, 2.45) is 17.3 Å². The van der Waals surface area contributed by atoms with Gasteiger partial charge in [-0.05, 0) is 76.0 Å². The van der Waals surface area contributed by atoms with Crippen molar-refractivity contribution in [1.29, 1.82) is 0 Å². The van der Waals surface area contributed by atoms with Gasteiger partial charge in [-0.25, -0.2) is 4.79 Å². The van der Waals surface area contributed by atoms with Crippen molar-refractivity contribution in [2.45, 2.75) is 78.2 Å². The summed E-state index contributed by atoms with van der Waals surface area (Å²) in [4.78, 5) is 24.4. The Morgan fingerprint density at radius 3 is 2.28 bits per heavy atom. The summed E-state index contributed by atoms with van der Waals surface area (Å²) in [7, 11) is 0. The molecule has 8 heteroatoms. The van der Waals surface area contributed by atoms with Crippen LogP contribution in [0, 0.1) is 17.3 Å². The van der Waals surface area contributed by atoms with Gasteiger partial charge in [-0.15, -0.1) is 0 Å². The maximum Gasteiger partial charge on any atom is 0.335 e. The van der Waals surface area contributed by atoms with Crippen molar-refractivity contribution >= 4 is 11.9 Å². The first kappa shape index (κ1) is 32.8. The van der Waals surface area contributed by atoms with Crippen LogP contribution in [0.15, 0.2) is 36.4 Å². The number of unbranched alkanes of at least 4 members (excludes halogenated alkanes) is 2. The number of hydrogen-bond donors (Lipinski definition) is 2. The van der Waals surface area contributed by atoms with E-state index in [1.165, 1.54) is 24.8 Å². The van der Waals surface area contributed by atoms with Crippen LogP contribution < -0.4 is 4.74 Å². The smallest absolute Gasteiger partial charge is 0.335 e. The molecular formula is C31H48O8. The zero-order chi connectivity index (χ0) is 28.7. The lowest BCUT2D eigenvalue weighted by atomic mass is 9.79. The number of aliphatic hydroxyl groups is 2. The Labute approximate surface area is 233 Å². The minimum Gasteiger partial charge on any atom is -0.491 e. The van der Waals surface area contributed by atoms with Gasteiger partial charge in [-0.1, -0.05) is 38.5 Å². The molecular weight excluding hydrogens is 500 g/mol. The van der Waals surface area contributed by atoms with Crippen LogP contribution >= 0.6 is 0 Å². The highest BCUT2D eigenvalue weighted by atomic mass is 16.6. The van der Waals surface area contributed by atoms with Crippen LogP contribution in [0.25, 0.3) is 0 Å². The summed E-state index contributed by atoms with van der Waals surface area (Å²) >= 11 is 0. The molecule has 2 N–H and O–H groups in total. The van der Waals surface area contributed by atoms with Crippen molar-refractivity contribution in [2.75, 3.05) is 39.6 Å². The third-order valence-corrected chi connectivity index (χ3v) is 7.37. The second kappa shape index (κ2) is 17.3. The molecule has 0 heterocycles. The van der Waals surface area contributed by atoms with Crippen LogP contribution in [-0.4, -0.2) is 67.9 Å². The first-order chi connectivity index (χ1) is 18.7. The highest BCUT2D eigenvalue weighted by Gasteiger charge is 2.33. The quantitative estimate of drug-likeness (QED) is 0.155. The van der Waals surface area contributed by atoms with E-state index in [0.29, 0.717) is 13.2 Å². The fourth-order valence-corrected chi connectivity index (χ4v) is 4.54. The van der Waals surface area contributed by atoms with E-state index in [2.05, 4.69) is 25.6 Å². The molecule has 1 fully saturated rings. The van der Waals surface area contributed by atoms with Gasteiger partial charge in [-0.2, -0.15) is 0 Å². The zero-order valence-corrected chi connectivity index (χ0v) is 24.0. The topological polar surface area (TPSA) is 112 Å². The Morgan fingerprint density at radius 2 is 1.67 bits per heavy atom. The molecule has 1 aromatic rings. The SMILES string of the molecule is C=C(CO)C(=O)OCC(COC(=O)C(C)(C)CO)C1CCC(OCCOc2ccc(CCCCC)cc2)CC1. The number of carbonyl (C=O) groups is 2. The fraction of sp³-hybridized carbons (Fsp3) is 0.677. The van der Waals surface area contributed by atoms with Crippen molar-refractivity contribution in [3.63, 3.8) is 0 Å². The number of aliphatic hydroxyl groups excluding tert-OH is 2. The van der Waals surface area contributed by atoms with E-state index in [1.54, 1.807) is 13.8 Å². The molecule has 1 unspecified atom stereocenters. The summed E-state index contributed by atoms with van der Waals surface area (Å²) in [6.45, 7) is 9.29. The first-order valence-electron chi connectivity index (χ1n) is 14.3. The summed E-state index contributed by atoms with van der Waals surface area (Å²) in [5, 5.41) is 18.6. The minimum absolute atomic E-state index is 0.0191. The maximum absolute atomic E-state index is 12.4. The molecule has 1 saturated carbocycles. The van der Waals surface area contributed by atoms with Gasteiger partial charge in [0.05, 0.1) is 50.1 Å². The average Bonchev–Trinajstić information content (AvgIpc) is 2.95. The molecule has 8 nitrogen and oxygen atoms in total. The highest BCUT2D eigenvalue weighted by Crippen LogP contribution is 2.33. The third-order valence-electron chi connectivity index (χ3n) is 7.37. The third kappa shape index (κ3) is 11.7. The molecule has 0 radical (unpaired) electrons. The average molecular weight is 549 g/mol. The lowest BCUT2D eigenvalue weighted by molar-refractivity contribution is -0.160. The van der Waals surface area contributed by atoms with Gasteiger partial charge in [0, 0.05) is 5.92 Å². The van der Waals surface area contributed by atoms with E-state index in [-0.39, 0.29) is 43.3 Å². The number of benzene rings is 1. The molecule has 1 aliphatic rings. The van der Waals surface area contributed by atoms with Gasteiger partial charge in [-0.3, -0.25) is 4.79 Å². The van der Waals surface area contributed by atoms with E-state index in [9.17, 15) is 14.7 Å². The van der Waals surface area contributed by atoms with Crippen molar-refractivity contribution in [3.05, 3.63) is 42.0 Å². The largest absolute Gasteiger partial charge is 0.491 e. The van der Waals surface area contributed by atoms with E-state index in [1.807, 2.05) is 12.1 Å². The number of ether oxygens (including phenoxy) is 4. The van der Waals surface area contributed by atoms with E-state index in [4.69, 9.17) is 24.1 Å². The summed E-state index contributed by atoms with van der Waals surface area (Å²) < 4.78 is 22.8. The molecule has 0 aliphatic heterocycles. The van der Waals surface area contributed by atoms with Crippen LogP contribution in [0.4, 0.5) is 0 Å². The van der Waals surface area contributed by atoms with Crippen LogP contribution in [0.3, 0.4) is 0 Å². The summed E-state index contributed by atoms with van der Waals surface area (Å²) in [6, 6.07) is 8.29.